The van der Waals surface area contributed by atoms with E-state index in [4.69, 9.17) is 15.7 Å². The molecule has 2 N–H and O–H groups in total. The predicted molar refractivity (Wildman–Crippen MR) is 298 cm³/mol. The highest BCUT2D eigenvalue weighted by molar-refractivity contribution is 5.99. The average Bonchev–Trinajstić information content (AvgIpc) is 4.11. The maximum atomic E-state index is 12.7. The van der Waals surface area contributed by atoms with Crippen molar-refractivity contribution in [3.63, 3.8) is 0 Å². The van der Waals surface area contributed by atoms with E-state index in [1.54, 1.807) is 89.5 Å². The lowest BCUT2D eigenvalue weighted by Gasteiger charge is -2.24. The zero-order valence-electron chi connectivity index (χ0n) is 48.0. The van der Waals surface area contributed by atoms with Crippen LogP contribution in [0.25, 0.3) is 0 Å². The van der Waals surface area contributed by atoms with Crippen molar-refractivity contribution in [1.29, 1.82) is 5.26 Å². The van der Waals surface area contributed by atoms with Gasteiger partial charge in [-0.25, -0.2) is 24.4 Å². The van der Waals surface area contributed by atoms with Gasteiger partial charge in [0.15, 0.2) is 17.8 Å². The first kappa shape index (κ1) is 64.9. The van der Waals surface area contributed by atoms with Crippen molar-refractivity contribution in [2.75, 3.05) is 82.0 Å². The summed E-state index contributed by atoms with van der Waals surface area (Å²) in [5.74, 6) is -1.22. The number of nitriles is 1. The number of Topliss-reactive ketones (excluding diaryl/α,β-unsaturated/α-hetero) is 2. The molecular formula is C57H77N11O11. The smallest absolute Gasteiger partial charge is 0.410 e. The van der Waals surface area contributed by atoms with Crippen LogP contribution in [0.2, 0.25) is 0 Å². The minimum atomic E-state index is -0.533. The van der Waals surface area contributed by atoms with Gasteiger partial charge in [-0.1, -0.05) is 41.5 Å². The summed E-state index contributed by atoms with van der Waals surface area (Å²) >= 11 is 0. The summed E-state index contributed by atoms with van der Waals surface area (Å²) in [6, 6.07) is 13.0. The number of methoxy groups -OCH3 is 2. The maximum absolute atomic E-state index is 12.7. The molecule has 0 aliphatic carbocycles. The molecule has 0 aromatic carbocycles. The molecule has 4 aromatic rings. The number of hydrogen-bond donors (Lipinski definition) is 1. The van der Waals surface area contributed by atoms with Crippen molar-refractivity contribution in [3.05, 3.63) is 96.1 Å². The molecule has 0 bridgehead atoms. The number of esters is 2. The van der Waals surface area contributed by atoms with Crippen molar-refractivity contribution in [1.82, 2.24) is 29.7 Å². The van der Waals surface area contributed by atoms with Gasteiger partial charge >= 0.3 is 18.0 Å². The summed E-state index contributed by atoms with van der Waals surface area (Å²) in [7, 11) is 7.65. The van der Waals surface area contributed by atoms with Crippen molar-refractivity contribution >= 4 is 70.1 Å². The number of amides is 4. The molecule has 0 radical (unpaired) electrons. The highest BCUT2D eigenvalue weighted by Crippen LogP contribution is 2.26. The zero-order valence-corrected chi connectivity index (χ0v) is 48.0. The summed E-state index contributed by atoms with van der Waals surface area (Å²) in [4.78, 5) is 119. The Kier molecular flexibility index (Phi) is 25.1. The minimum absolute atomic E-state index is 0.00458. The molecule has 4 aromatic heterocycles. The lowest BCUT2D eigenvalue weighted by molar-refractivity contribution is -0.121. The molecular weight excluding hydrogens is 1010 g/mol. The van der Waals surface area contributed by atoms with E-state index in [0.29, 0.717) is 73.2 Å². The zero-order chi connectivity index (χ0) is 59.3. The number of nitrogens with two attached hydrogens (primary N) is 1. The second kappa shape index (κ2) is 30.6. The molecule has 2 fully saturated rings. The highest BCUT2D eigenvalue weighted by Gasteiger charge is 2.32. The van der Waals surface area contributed by atoms with Crippen LogP contribution in [-0.4, -0.2) is 144 Å². The maximum Gasteiger partial charge on any atom is 0.410 e. The lowest BCUT2D eigenvalue weighted by atomic mass is 10.00. The Morgan fingerprint density at radius 1 is 0.608 bits per heavy atom. The van der Waals surface area contributed by atoms with E-state index >= 15 is 0 Å². The fourth-order valence-corrected chi connectivity index (χ4v) is 7.93. The van der Waals surface area contributed by atoms with E-state index in [-0.39, 0.29) is 76.4 Å². The highest BCUT2D eigenvalue weighted by atomic mass is 16.6. The van der Waals surface area contributed by atoms with Crippen LogP contribution in [0, 0.1) is 41.0 Å². The topological polar surface area (TPSA) is 282 Å². The number of pyridine rings is 4. The summed E-state index contributed by atoms with van der Waals surface area (Å²) < 4.78 is 14.4. The fourth-order valence-electron chi connectivity index (χ4n) is 7.93. The Hall–Kier alpha value is -8.35. The van der Waals surface area contributed by atoms with Gasteiger partial charge in [-0.2, -0.15) is 5.26 Å². The van der Waals surface area contributed by atoms with Crippen LogP contribution in [0.3, 0.4) is 0 Å². The molecule has 2 aliphatic rings. The van der Waals surface area contributed by atoms with Crippen LogP contribution in [0.4, 0.5) is 27.5 Å². The number of ether oxygens (including phenoxy) is 3. The van der Waals surface area contributed by atoms with Crippen LogP contribution in [0.1, 0.15) is 130 Å². The SMILES string of the molecule is CC(C)C(=O)N(C)c1ccnc(C(=O)C[C@@H]2CCN(C#N)C2)c1.CC(C)C(=O)N(C)c1ccnc(C(=O)C[C@@H]2CCN(C(=O)OC(C)(C)C)C2)c1.COC(=O)c1cc(N(C)C(=O)C(C)C)ccn1.COC(=O)c1cc(N)ccn1. The second-order valence-electron chi connectivity index (χ2n) is 20.8. The Morgan fingerprint density at radius 2 is 0.975 bits per heavy atom. The number of carbonyl (C=O) groups excluding carboxylic acids is 8. The first-order chi connectivity index (χ1) is 37.1. The summed E-state index contributed by atoms with van der Waals surface area (Å²) in [5, 5.41) is 8.87. The Morgan fingerprint density at radius 3 is 1.34 bits per heavy atom. The second-order valence-corrected chi connectivity index (χ2v) is 20.8. The van der Waals surface area contributed by atoms with E-state index < -0.39 is 17.5 Å². The first-order valence-corrected chi connectivity index (χ1v) is 25.9. The predicted octanol–water partition coefficient (Wildman–Crippen LogP) is 7.54. The molecule has 79 heavy (non-hydrogen) atoms. The van der Waals surface area contributed by atoms with Crippen LogP contribution in [0.5, 0.6) is 0 Å². The van der Waals surface area contributed by atoms with Crippen LogP contribution in [0.15, 0.2) is 73.3 Å². The normalized spacial score (nSPS) is 14.5. The van der Waals surface area contributed by atoms with Crippen molar-refractivity contribution in [2.45, 2.75) is 93.6 Å². The van der Waals surface area contributed by atoms with Crippen molar-refractivity contribution in [3.8, 4) is 6.19 Å². The number of anilines is 4. The third kappa shape index (κ3) is 20.5. The van der Waals surface area contributed by atoms with Gasteiger partial charge in [0, 0.05) is 125 Å². The largest absolute Gasteiger partial charge is 0.464 e. The molecule has 4 amide bonds. The van der Waals surface area contributed by atoms with Gasteiger partial charge in [0.05, 0.1) is 14.2 Å². The molecule has 2 atom stereocenters. The fraction of sp³-hybridized carbons (Fsp3) is 0.491. The number of carbonyl (C=O) groups is 8. The number of nitrogen functional groups attached to an aromatic ring is 1. The molecule has 0 unspecified atom stereocenters. The van der Waals surface area contributed by atoms with Crippen LogP contribution >= 0.6 is 0 Å². The summed E-state index contributed by atoms with van der Waals surface area (Å²) in [6.07, 6.45) is 10.1. The third-order valence-electron chi connectivity index (χ3n) is 12.3. The number of likely N-dealkylation sites (tertiary alicyclic amines) is 2. The monoisotopic (exact) mass is 1090 g/mol. The molecule has 22 heteroatoms. The number of rotatable bonds is 14. The van der Waals surface area contributed by atoms with Gasteiger partial charge < -0.3 is 44.4 Å². The Labute approximate surface area is 463 Å². The molecule has 426 valence electrons. The van der Waals surface area contributed by atoms with E-state index in [0.717, 1.165) is 12.8 Å². The summed E-state index contributed by atoms with van der Waals surface area (Å²) in [5.41, 5.74) is 8.46. The first-order valence-electron chi connectivity index (χ1n) is 25.9. The molecule has 2 saturated heterocycles. The molecule has 2 aliphatic heterocycles. The number of nitrogens with zero attached hydrogens (tertiary/aromatic N) is 10. The van der Waals surface area contributed by atoms with E-state index in [1.807, 2.05) is 62.3 Å². The average molecular weight is 1090 g/mol. The molecule has 22 nitrogen and oxygen atoms in total. The van der Waals surface area contributed by atoms with Gasteiger partial charge in [0.2, 0.25) is 17.7 Å². The van der Waals surface area contributed by atoms with Crippen LogP contribution in [-0.2, 0) is 28.6 Å². The van der Waals surface area contributed by atoms with E-state index in [2.05, 4.69) is 35.6 Å². The van der Waals surface area contributed by atoms with Crippen molar-refractivity contribution in [2.24, 2.45) is 29.6 Å². The third-order valence-corrected chi connectivity index (χ3v) is 12.3. The molecule has 0 spiro atoms. The Balaban J connectivity index is 0.000000290. The molecule has 6 rings (SSSR count). The quantitative estimate of drug-likeness (QED) is 0.0552. The van der Waals surface area contributed by atoms with Gasteiger partial charge in [-0.15, -0.1) is 0 Å². The van der Waals surface area contributed by atoms with Gasteiger partial charge in [0.1, 0.15) is 28.4 Å². The van der Waals surface area contributed by atoms with Crippen molar-refractivity contribution < 1.29 is 52.6 Å². The number of aromatic nitrogens is 4. The number of hydrogen-bond acceptors (Lipinski definition) is 18. The van der Waals surface area contributed by atoms with Gasteiger partial charge in [-0.05, 0) is 94.0 Å². The standard InChI is InChI=1S/C21H31N3O4.C17H22N4O2.C12H16N2O3.C7H8N2O2/c1-14(2)19(26)23(6)16-7-9-22-17(12-16)18(25)11-15-8-10-24(13-15)20(27)28-21(3,4)5;1-12(2)17(23)20(3)14-4-6-19-15(9-14)16(22)8-13-5-7-21(10-13)11-18;1-8(2)11(15)14(3)9-5-6-13-10(7-9)12(16)17-4;1-11-7(10)6-4-5(8)2-3-9-6/h7,9,12,14-15H,8,10-11,13H2,1-6H3;4,6,9,12-13H,5,7-8,10H2,1-3H3;5-8H,1-4H3;2-4H,1H3,(H2,8,9)/t15-;13-;;/m00../s1. The van der Waals surface area contributed by atoms with E-state index in [9.17, 15) is 38.4 Å². The van der Waals surface area contributed by atoms with Crippen LogP contribution < -0.4 is 20.4 Å². The lowest BCUT2D eigenvalue weighted by Crippen LogP contribution is -2.35. The van der Waals surface area contributed by atoms with Gasteiger partial charge in [-0.3, -0.25) is 33.9 Å². The summed E-state index contributed by atoms with van der Waals surface area (Å²) in [6.45, 7) is 18.9. The molecule has 0 saturated carbocycles. The minimum Gasteiger partial charge on any atom is -0.464 e. The Bertz CT molecular complexity index is 2810. The molecule has 6 heterocycles. The van der Waals surface area contributed by atoms with E-state index in [1.165, 1.54) is 43.6 Å². The van der Waals surface area contributed by atoms with Gasteiger partial charge in [0.25, 0.3) is 0 Å². The number of ketones is 2.